The molecular formula is C21H16N2O4. The normalized spacial score (nSPS) is 24.5. The Bertz CT molecular complexity index is 972. The van der Waals surface area contributed by atoms with Crippen molar-refractivity contribution in [3.8, 4) is 0 Å². The molecule has 6 nitrogen and oxygen atoms in total. The number of hydroxylamine groups is 1. The second kappa shape index (κ2) is 6.10. The van der Waals surface area contributed by atoms with Crippen molar-refractivity contribution in [2.24, 2.45) is 5.92 Å². The van der Waals surface area contributed by atoms with Crippen LogP contribution in [0.1, 0.15) is 11.8 Å². The molecule has 0 N–H and O–H groups in total. The van der Waals surface area contributed by atoms with Crippen LogP contribution in [0.4, 0.5) is 11.4 Å². The van der Waals surface area contributed by atoms with Crippen molar-refractivity contribution >= 4 is 23.2 Å². The monoisotopic (exact) mass is 360 g/mol. The third kappa shape index (κ3) is 2.38. The molecule has 3 atom stereocenters. The Morgan fingerprint density at radius 2 is 1.41 bits per heavy atom. The Morgan fingerprint density at radius 3 is 2.04 bits per heavy atom. The lowest BCUT2D eigenvalue weighted by Gasteiger charge is -2.27. The highest BCUT2D eigenvalue weighted by molar-refractivity contribution is 6.23. The first-order valence-corrected chi connectivity index (χ1v) is 8.73. The molecule has 2 amide bonds. The quantitative estimate of drug-likeness (QED) is 0.671. The van der Waals surface area contributed by atoms with Crippen molar-refractivity contribution in [2.75, 3.05) is 9.96 Å². The van der Waals surface area contributed by atoms with Crippen molar-refractivity contribution in [3.05, 3.63) is 84.8 Å². The van der Waals surface area contributed by atoms with Gasteiger partial charge in [0, 0.05) is 0 Å². The maximum atomic E-state index is 13.2. The lowest BCUT2D eigenvalue weighted by Crippen LogP contribution is -2.37. The van der Waals surface area contributed by atoms with Crippen LogP contribution in [0, 0.1) is 5.92 Å². The zero-order valence-electron chi connectivity index (χ0n) is 14.3. The number of hydrogen-bond acceptors (Lipinski definition) is 5. The van der Waals surface area contributed by atoms with E-state index in [0.29, 0.717) is 11.4 Å². The van der Waals surface area contributed by atoms with Crippen molar-refractivity contribution in [1.82, 2.24) is 0 Å². The molecule has 2 fully saturated rings. The number of amides is 2. The first-order valence-electron chi connectivity index (χ1n) is 8.73. The molecule has 3 heterocycles. The minimum Gasteiger partial charge on any atom is -0.467 e. The van der Waals surface area contributed by atoms with Crippen LogP contribution >= 0.6 is 0 Å². The molecule has 2 aromatic carbocycles. The number of nitrogens with zero attached hydrogens (tertiary/aromatic N) is 2. The lowest BCUT2D eigenvalue weighted by atomic mass is 9.94. The topological polar surface area (TPSA) is 63.0 Å². The van der Waals surface area contributed by atoms with Gasteiger partial charge in [0.1, 0.15) is 17.7 Å². The Hall–Kier alpha value is -3.38. The summed E-state index contributed by atoms with van der Waals surface area (Å²) in [5.74, 6) is -0.728. The van der Waals surface area contributed by atoms with Gasteiger partial charge in [-0.15, -0.1) is 0 Å². The van der Waals surface area contributed by atoms with Gasteiger partial charge in [0.2, 0.25) is 5.91 Å². The van der Waals surface area contributed by atoms with Crippen molar-refractivity contribution in [3.63, 3.8) is 0 Å². The van der Waals surface area contributed by atoms with E-state index in [1.165, 1.54) is 4.90 Å². The van der Waals surface area contributed by atoms with E-state index in [1.54, 1.807) is 47.7 Å². The van der Waals surface area contributed by atoms with Gasteiger partial charge in [-0.2, -0.15) is 0 Å². The van der Waals surface area contributed by atoms with Crippen LogP contribution in [-0.2, 0) is 14.4 Å². The average molecular weight is 360 g/mol. The summed E-state index contributed by atoms with van der Waals surface area (Å²) in [6.07, 6.45) is 0.676. The van der Waals surface area contributed by atoms with Crippen LogP contribution in [-0.4, -0.2) is 17.9 Å². The van der Waals surface area contributed by atoms with Crippen LogP contribution < -0.4 is 9.96 Å². The van der Waals surface area contributed by atoms with Crippen molar-refractivity contribution in [1.29, 1.82) is 0 Å². The lowest BCUT2D eigenvalue weighted by molar-refractivity contribution is -0.126. The van der Waals surface area contributed by atoms with Gasteiger partial charge in [0.15, 0.2) is 6.10 Å². The van der Waals surface area contributed by atoms with Crippen LogP contribution in [0.15, 0.2) is 83.5 Å². The summed E-state index contributed by atoms with van der Waals surface area (Å²) in [7, 11) is 0. The number of furan rings is 1. The molecular weight excluding hydrogens is 344 g/mol. The Balaban J connectivity index is 1.58. The first kappa shape index (κ1) is 15.8. The molecule has 0 radical (unpaired) electrons. The third-order valence-electron chi connectivity index (χ3n) is 4.98. The first-order chi connectivity index (χ1) is 13.3. The molecule has 3 aromatic rings. The smallest absolute Gasteiger partial charge is 0.266 e. The summed E-state index contributed by atoms with van der Waals surface area (Å²) in [6.45, 7) is 0. The molecule has 0 spiro atoms. The van der Waals surface area contributed by atoms with E-state index in [2.05, 4.69) is 0 Å². The van der Waals surface area contributed by atoms with Crippen LogP contribution in [0.5, 0.6) is 0 Å². The highest BCUT2D eigenvalue weighted by Crippen LogP contribution is 2.47. The molecule has 6 heteroatoms. The van der Waals surface area contributed by atoms with Gasteiger partial charge < -0.3 is 4.42 Å². The second-order valence-electron chi connectivity index (χ2n) is 6.52. The van der Waals surface area contributed by atoms with Crippen molar-refractivity contribution in [2.45, 2.75) is 12.1 Å². The maximum Gasteiger partial charge on any atom is 0.266 e. The number of hydrogen-bond donors (Lipinski definition) is 0. The van der Waals surface area contributed by atoms with E-state index in [1.807, 2.05) is 36.4 Å². The number of rotatable bonds is 3. The fourth-order valence-corrected chi connectivity index (χ4v) is 3.79. The van der Waals surface area contributed by atoms with Gasteiger partial charge in [-0.25, -0.2) is 9.96 Å². The summed E-state index contributed by atoms with van der Waals surface area (Å²) in [4.78, 5) is 33.5. The number of fused-ring (bicyclic) bond motifs is 1. The summed E-state index contributed by atoms with van der Waals surface area (Å²) in [5, 5.41) is 1.62. The average Bonchev–Trinajstić information content (AvgIpc) is 3.41. The van der Waals surface area contributed by atoms with E-state index < -0.39 is 18.1 Å². The fraction of sp³-hybridized carbons (Fsp3) is 0.143. The minimum absolute atomic E-state index is 0.281. The Morgan fingerprint density at radius 1 is 0.741 bits per heavy atom. The fourth-order valence-electron chi connectivity index (χ4n) is 3.79. The second-order valence-corrected chi connectivity index (χ2v) is 6.52. The highest BCUT2D eigenvalue weighted by atomic mass is 16.7. The Kier molecular flexibility index (Phi) is 3.58. The number of imide groups is 1. The molecule has 0 unspecified atom stereocenters. The number of anilines is 2. The van der Waals surface area contributed by atoms with Gasteiger partial charge in [0.25, 0.3) is 5.91 Å². The molecule has 2 saturated heterocycles. The number of carbonyl (C=O) groups excluding carboxylic acids is 2. The highest BCUT2D eigenvalue weighted by Gasteiger charge is 2.61. The number of benzene rings is 2. The third-order valence-corrected chi connectivity index (χ3v) is 4.98. The summed E-state index contributed by atoms with van der Waals surface area (Å²) >= 11 is 0. The van der Waals surface area contributed by atoms with E-state index in [0.717, 1.165) is 5.69 Å². The molecule has 1 aromatic heterocycles. The SMILES string of the molecule is O=C1[C@@H]2[C@@H](ON(c3ccccc3)[C@H]2c2ccco2)C(=O)N1c1ccccc1. The molecule has 2 aliphatic heterocycles. The predicted octanol–water partition coefficient (Wildman–Crippen LogP) is 3.33. The Labute approximate surface area is 155 Å². The van der Waals surface area contributed by atoms with Crippen LogP contribution in [0.3, 0.4) is 0 Å². The van der Waals surface area contributed by atoms with E-state index in [4.69, 9.17) is 9.25 Å². The van der Waals surface area contributed by atoms with Gasteiger partial charge >= 0.3 is 0 Å². The van der Waals surface area contributed by atoms with Crippen LogP contribution in [0.2, 0.25) is 0 Å². The molecule has 0 saturated carbocycles. The zero-order valence-corrected chi connectivity index (χ0v) is 14.3. The van der Waals surface area contributed by atoms with Crippen molar-refractivity contribution < 1.29 is 18.8 Å². The zero-order chi connectivity index (χ0) is 18.4. The molecule has 134 valence electrons. The number of para-hydroxylation sites is 2. The molecule has 0 bridgehead atoms. The summed E-state index contributed by atoms with van der Waals surface area (Å²) in [5.41, 5.74) is 1.31. The molecule has 27 heavy (non-hydrogen) atoms. The summed E-state index contributed by atoms with van der Waals surface area (Å²) in [6, 6.07) is 21.4. The standard InChI is InChI=1S/C21H16N2O4/c24-20-17-18(16-12-7-13-26-16)23(15-10-5-2-6-11-15)27-19(17)21(25)22(20)14-8-3-1-4-9-14/h1-13,17-19H/t17-,18-,19+/m0/s1. The van der Waals surface area contributed by atoms with E-state index >= 15 is 0 Å². The summed E-state index contributed by atoms with van der Waals surface area (Å²) < 4.78 is 5.60. The van der Waals surface area contributed by atoms with Crippen LogP contribution in [0.25, 0.3) is 0 Å². The van der Waals surface area contributed by atoms with Gasteiger partial charge in [-0.3, -0.25) is 14.4 Å². The van der Waals surface area contributed by atoms with E-state index in [9.17, 15) is 9.59 Å². The molecule has 5 rings (SSSR count). The molecule has 0 aliphatic carbocycles. The van der Waals surface area contributed by atoms with E-state index in [-0.39, 0.29) is 11.8 Å². The largest absolute Gasteiger partial charge is 0.467 e. The number of carbonyl (C=O) groups is 2. The maximum absolute atomic E-state index is 13.2. The minimum atomic E-state index is -0.881. The van der Waals surface area contributed by atoms with Gasteiger partial charge in [-0.05, 0) is 36.4 Å². The van der Waals surface area contributed by atoms with Gasteiger partial charge in [-0.1, -0.05) is 36.4 Å². The van der Waals surface area contributed by atoms with Gasteiger partial charge in [0.05, 0.1) is 17.6 Å². The molecule has 2 aliphatic rings. The predicted molar refractivity (Wildman–Crippen MR) is 97.7 cm³/mol.